The Morgan fingerprint density at radius 1 is 1.40 bits per heavy atom. The van der Waals surface area contributed by atoms with Crippen molar-refractivity contribution in [3.63, 3.8) is 0 Å². The molecule has 0 radical (unpaired) electrons. The molecule has 0 amide bonds. The molecule has 0 bridgehead atoms. The molecule has 1 rings (SSSR count). The molecule has 0 unspecified atom stereocenters. The Morgan fingerprint density at radius 3 is 2.47 bits per heavy atom. The molecule has 0 saturated heterocycles. The van der Waals surface area contributed by atoms with Gasteiger partial charge in [-0.05, 0) is 20.8 Å². The third-order valence-electron chi connectivity index (χ3n) is 2.08. The number of nitrogens with zero attached hydrogens (tertiary/aromatic N) is 3. The summed E-state index contributed by atoms with van der Waals surface area (Å²) in [5.41, 5.74) is 5.74. The average Bonchev–Trinajstić information content (AvgIpc) is 2.14. The third kappa shape index (κ3) is 2.68. The molecule has 4 nitrogen and oxygen atoms in total. The van der Waals surface area contributed by atoms with Crippen LogP contribution in [-0.4, -0.2) is 22.1 Å². The maximum Gasteiger partial charge on any atom is 0.172 e. The first-order valence-electron chi connectivity index (χ1n) is 4.92. The summed E-state index contributed by atoms with van der Waals surface area (Å²) in [6.45, 7) is 10.7. The van der Waals surface area contributed by atoms with Gasteiger partial charge >= 0.3 is 0 Å². The van der Waals surface area contributed by atoms with E-state index in [-0.39, 0.29) is 5.54 Å². The summed E-state index contributed by atoms with van der Waals surface area (Å²) >= 11 is 0. The van der Waals surface area contributed by atoms with Gasteiger partial charge in [0.2, 0.25) is 0 Å². The lowest BCUT2D eigenvalue weighted by Crippen LogP contribution is -2.42. The minimum absolute atomic E-state index is 0.0572. The fourth-order valence-corrected chi connectivity index (χ4v) is 1.36. The van der Waals surface area contributed by atoms with E-state index < -0.39 is 0 Å². The van der Waals surface area contributed by atoms with E-state index in [1.54, 1.807) is 12.4 Å². The number of nitrogen functional groups attached to an aromatic ring is 1. The summed E-state index contributed by atoms with van der Waals surface area (Å²) in [5, 5.41) is 0. The first-order chi connectivity index (χ1) is 6.96. The largest absolute Gasteiger partial charge is 0.381 e. The number of hydrogen-bond acceptors (Lipinski definition) is 4. The van der Waals surface area contributed by atoms with E-state index in [0.717, 1.165) is 0 Å². The Bertz CT molecular complexity index is 341. The van der Waals surface area contributed by atoms with Crippen LogP contribution in [0.3, 0.4) is 0 Å². The first kappa shape index (κ1) is 11.5. The summed E-state index contributed by atoms with van der Waals surface area (Å²) in [4.78, 5) is 10.4. The highest BCUT2D eigenvalue weighted by Gasteiger charge is 2.23. The predicted molar refractivity (Wildman–Crippen MR) is 63.7 cm³/mol. The van der Waals surface area contributed by atoms with Crippen molar-refractivity contribution in [2.75, 3.05) is 17.2 Å². The van der Waals surface area contributed by atoms with Crippen molar-refractivity contribution < 1.29 is 0 Å². The van der Waals surface area contributed by atoms with E-state index in [2.05, 4.69) is 42.2 Å². The molecule has 0 spiro atoms. The van der Waals surface area contributed by atoms with Gasteiger partial charge in [-0.3, -0.25) is 0 Å². The lowest BCUT2D eigenvalue weighted by atomic mass is 10.1. The molecule has 0 saturated carbocycles. The van der Waals surface area contributed by atoms with Gasteiger partial charge in [-0.25, -0.2) is 9.97 Å². The van der Waals surface area contributed by atoms with Crippen LogP contribution in [0.15, 0.2) is 25.0 Å². The SMILES string of the molecule is C=CCN(c1nccnc1N)C(C)(C)C. The van der Waals surface area contributed by atoms with Crippen LogP contribution in [0, 0.1) is 0 Å². The Balaban J connectivity index is 3.10. The molecule has 0 atom stereocenters. The molecule has 2 N–H and O–H groups in total. The van der Waals surface area contributed by atoms with E-state index in [4.69, 9.17) is 5.73 Å². The van der Waals surface area contributed by atoms with E-state index in [0.29, 0.717) is 18.2 Å². The molecule has 0 aromatic carbocycles. The molecule has 0 aliphatic heterocycles. The highest BCUT2D eigenvalue weighted by atomic mass is 15.3. The minimum atomic E-state index is -0.0572. The Morgan fingerprint density at radius 2 is 2.00 bits per heavy atom. The molecule has 0 fully saturated rings. The van der Waals surface area contributed by atoms with Gasteiger partial charge in [0.1, 0.15) is 0 Å². The van der Waals surface area contributed by atoms with Gasteiger partial charge in [0.15, 0.2) is 11.6 Å². The van der Waals surface area contributed by atoms with Gasteiger partial charge < -0.3 is 10.6 Å². The number of anilines is 2. The van der Waals surface area contributed by atoms with E-state index in [1.807, 2.05) is 6.08 Å². The number of hydrogen-bond donors (Lipinski definition) is 1. The van der Waals surface area contributed by atoms with Crippen LogP contribution in [-0.2, 0) is 0 Å². The van der Waals surface area contributed by atoms with Gasteiger partial charge in [0, 0.05) is 24.5 Å². The monoisotopic (exact) mass is 206 g/mol. The van der Waals surface area contributed by atoms with Crippen molar-refractivity contribution >= 4 is 11.6 Å². The zero-order valence-electron chi connectivity index (χ0n) is 9.57. The summed E-state index contributed by atoms with van der Waals surface area (Å²) in [7, 11) is 0. The second kappa shape index (κ2) is 4.29. The predicted octanol–water partition coefficient (Wildman–Crippen LogP) is 1.85. The fourth-order valence-electron chi connectivity index (χ4n) is 1.36. The highest BCUT2D eigenvalue weighted by Crippen LogP contribution is 2.24. The van der Waals surface area contributed by atoms with E-state index in [9.17, 15) is 0 Å². The second-order valence-electron chi connectivity index (χ2n) is 4.34. The van der Waals surface area contributed by atoms with Crippen molar-refractivity contribution in [1.82, 2.24) is 9.97 Å². The molecule has 1 heterocycles. The summed E-state index contributed by atoms with van der Waals surface area (Å²) in [6, 6.07) is 0. The zero-order valence-corrected chi connectivity index (χ0v) is 9.57. The molecule has 4 heteroatoms. The normalized spacial score (nSPS) is 11.1. The van der Waals surface area contributed by atoms with Crippen LogP contribution in [0.5, 0.6) is 0 Å². The topological polar surface area (TPSA) is 55.0 Å². The van der Waals surface area contributed by atoms with Crippen molar-refractivity contribution in [1.29, 1.82) is 0 Å². The first-order valence-corrected chi connectivity index (χ1v) is 4.92. The van der Waals surface area contributed by atoms with Gasteiger partial charge in [-0.15, -0.1) is 6.58 Å². The third-order valence-corrected chi connectivity index (χ3v) is 2.08. The van der Waals surface area contributed by atoms with Crippen molar-refractivity contribution in [2.24, 2.45) is 0 Å². The Kier molecular flexibility index (Phi) is 3.29. The summed E-state index contributed by atoms with van der Waals surface area (Å²) in [5.74, 6) is 1.17. The summed E-state index contributed by atoms with van der Waals surface area (Å²) < 4.78 is 0. The Labute approximate surface area is 90.8 Å². The van der Waals surface area contributed by atoms with Crippen LogP contribution >= 0.6 is 0 Å². The average molecular weight is 206 g/mol. The molecule has 1 aromatic heterocycles. The van der Waals surface area contributed by atoms with Crippen LogP contribution in [0.1, 0.15) is 20.8 Å². The van der Waals surface area contributed by atoms with Gasteiger partial charge in [-0.1, -0.05) is 6.08 Å². The molecule has 1 aromatic rings. The van der Waals surface area contributed by atoms with Crippen LogP contribution in [0.4, 0.5) is 11.6 Å². The van der Waals surface area contributed by atoms with E-state index >= 15 is 0 Å². The van der Waals surface area contributed by atoms with Gasteiger partial charge in [0.25, 0.3) is 0 Å². The maximum absolute atomic E-state index is 5.80. The zero-order chi connectivity index (χ0) is 11.5. The van der Waals surface area contributed by atoms with Gasteiger partial charge in [0.05, 0.1) is 0 Å². The molecule has 0 aliphatic rings. The smallest absolute Gasteiger partial charge is 0.172 e. The quantitative estimate of drug-likeness (QED) is 0.767. The van der Waals surface area contributed by atoms with Crippen molar-refractivity contribution in [3.05, 3.63) is 25.0 Å². The molecular weight excluding hydrogens is 188 g/mol. The molecule has 82 valence electrons. The fraction of sp³-hybridized carbons (Fsp3) is 0.455. The van der Waals surface area contributed by atoms with Crippen LogP contribution < -0.4 is 10.6 Å². The minimum Gasteiger partial charge on any atom is -0.381 e. The second-order valence-corrected chi connectivity index (χ2v) is 4.34. The molecular formula is C11H18N4. The maximum atomic E-state index is 5.80. The number of nitrogens with two attached hydrogens (primary N) is 1. The van der Waals surface area contributed by atoms with Crippen LogP contribution in [0.25, 0.3) is 0 Å². The standard InChI is InChI=1S/C11H18N4/c1-5-8-15(11(2,3)4)10-9(12)13-6-7-14-10/h5-7H,1,8H2,2-4H3,(H2,12,13). The molecule has 0 aliphatic carbocycles. The van der Waals surface area contributed by atoms with Gasteiger partial charge in [-0.2, -0.15) is 0 Å². The van der Waals surface area contributed by atoms with Crippen LogP contribution in [0.2, 0.25) is 0 Å². The van der Waals surface area contributed by atoms with E-state index in [1.165, 1.54) is 0 Å². The molecule has 15 heavy (non-hydrogen) atoms. The van der Waals surface area contributed by atoms with Crippen molar-refractivity contribution in [3.8, 4) is 0 Å². The summed E-state index contributed by atoms with van der Waals surface area (Å²) in [6.07, 6.45) is 5.07. The lowest BCUT2D eigenvalue weighted by molar-refractivity contribution is 0.517. The van der Waals surface area contributed by atoms with Crippen molar-refractivity contribution in [2.45, 2.75) is 26.3 Å². The number of rotatable bonds is 3. The lowest BCUT2D eigenvalue weighted by Gasteiger charge is -2.36. The highest BCUT2D eigenvalue weighted by molar-refractivity contribution is 5.59. The number of aromatic nitrogens is 2. The Hall–Kier alpha value is -1.58.